The van der Waals surface area contributed by atoms with Crippen molar-refractivity contribution in [2.75, 3.05) is 6.61 Å². The molecule has 0 aliphatic rings. The predicted molar refractivity (Wildman–Crippen MR) is 109 cm³/mol. The van der Waals surface area contributed by atoms with E-state index in [9.17, 15) is 9.59 Å². The van der Waals surface area contributed by atoms with E-state index in [1.54, 1.807) is 24.3 Å². The monoisotopic (exact) mass is 425 g/mol. The lowest BCUT2D eigenvalue weighted by molar-refractivity contribution is 0.0934. The van der Waals surface area contributed by atoms with Crippen LogP contribution >= 0.6 is 35.4 Å². The number of rotatable bonds is 5. The summed E-state index contributed by atoms with van der Waals surface area (Å²) >= 11 is 16.8. The molecular weight excluding hydrogens is 409 g/mol. The van der Waals surface area contributed by atoms with Gasteiger partial charge in [0.2, 0.25) is 0 Å². The Kier molecular flexibility index (Phi) is 7.84. The molecule has 0 saturated carbocycles. The van der Waals surface area contributed by atoms with Crippen molar-refractivity contribution in [3.63, 3.8) is 0 Å². The van der Waals surface area contributed by atoms with Crippen LogP contribution in [0, 0.1) is 0 Å². The molecule has 0 aromatic heterocycles. The Morgan fingerprint density at radius 2 is 1.85 bits per heavy atom. The molecule has 2 aromatic rings. The van der Waals surface area contributed by atoms with Crippen LogP contribution in [0.4, 0.5) is 0 Å². The molecule has 0 aliphatic heterocycles. The first-order valence-corrected chi connectivity index (χ1v) is 9.16. The van der Waals surface area contributed by atoms with Crippen molar-refractivity contribution in [1.82, 2.24) is 16.2 Å². The smallest absolute Gasteiger partial charge is 0.271 e. The molecule has 3 N–H and O–H groups in total. The van der Waals surface area contributed by atoms with Gasteiger partial charge in [0.05, 0.1) is 17.2 Å². The standard InChI is InChI=1S/C18H17Cl2N3O3S/c1-2-8-26-13-5-3-4-11(9-13)16(24)21-18(27)23-22-17(25)14-7-6-12(19)10-15(14)20/h3-7,9-10H,2,8H2,1H3,(H,22,25)(H2,21,23,24,27). The second kappa shape index (κ2) is 10.1. The van der Waals surface area contributed by atoms with Crippen LogP contribution < -0.4 is 20.9 Å². The van der Waals surface area contributed by atoms with E-state index in [2.05, 4.69) is 16.2 Å². The maximum Gasteiger partial charge on any atom is 0.271 e. The first-order chi connectivity index (χ1) is 12.9. The molecule has 27 heavy (non-hydrogen) atoms. The lowest BCUT2D eigenvalue weighted by Gasteiger charge is -2.12. The van der Waals surface area contributed by atoms with Crippen molar-refractivity contribution in [3.05, 3.63) is 63.6 Å². The molecule has 0 unspecified atom stereocenters. The predicted octanol–water partition coefficient (Wildman–Crippen LogP) is 3.73. The van der Waals surface area contributed by atoms with Gasteiger partial charge in [0.25, 0.3) is 11.8 Å². The summed E-state index contributed by atoms with van der Waals surface area (Å²) < 4.78 is 5.49. The first-order valence-electron chi connectivity index (χ1n) is 8.00. The topological polar surface area (TPSA) is 79.5 Å². The van der Waals surface area contributed by atoms with Crippen molar-refractivity contribution in [3.8, 4) is 5.75 Å². The van der Waals surface area contributed by atoms with E-state index < -0.39 is 11.8 Å². The minimum Gasteiger partial charge on any atom is -0.494 e. The zero-order chi connectivity index (χ0) is 19.8. The summed E-state index contributed by atoms with van der Waals surface area (Å²) in [7, 11) is 0. The summed E-state index contributed by atoms with van der Waals surface area (Å²) in [6.45, 7) is 2.55. The average Bonchev–Trinajstić information content (AvgIpc) is 2.64. The fraction of sp³-hybridized carbons (Fsp3) is 0.167. The zero-order valence-electron chi connectivity index (χ0n) is 14.3. The largest absolute Gasteiger partial charge is 0.494 e. The number of ether oxygens (including phenoxy) is 1. The van der Waals surface area contributed by atoms with Crippen LogP contribution in [0.2, 0.25) is 10.0 Å². The van der Waals surface area contributed by atoms with Crippen LogP contribution in [-0.2, 0) is 0 Å². The van der Waals surface area contributed by atoms with E-state index in [4.69, 9.17) is 40.2 Å². The SMILES string of the molecule is CCCOc1cccc(C(=O)NC(=S)NNC(=O)c2ccc(Cl)cc2Cl)c1. The number of thiocarbonyl (C=S) groups is 1. The summed E-state index contributed by atoms with van der Waals surface area (Å²) in [5, 5.41) is 3.01. The van der Waals surface area contributed by atoms with Crippen molar-refractivity contribution < 1.29 is 14.3 Å². The van der Waals surface area contributed by atoms with Gasteiger partial charge in [0.15, 0.2) is 5.11 Å². The van der Waals surface area contributed by atoms with Gasteiger partial charge in [-0.2, -0.15) is 0 Å². The number of hydrazine groups is 1. The highest BCUT2D eigenvalue weighted by Crippen LogP contribution is 2.20. The Morgan fingerprint density at radius 1 is 1.07 bits per heavy atom. The van der Waals surface area contributed by atoms with Gasteiger partial charge in [0.1, 0.15) is 5.75 Å². The van der Waals surface area contributed by atoms with Crippen LogP contribution in [0.3, 0.4) is 0 Å². The summed E-state index contributed by atoms with van der Waals surface area (Å²) in [6, 6.07) is 11.2. The number of carbonyl (C=O) groups excluding carboxylic acids is 2. The van der Waals surface area contributed by atoms with Crippen molar-refractivity contribution in [2.24, 2.45) is 0 Å². The maximum atomic E-state index is 12.2. The Morgan fingerprint density at radius 3 is 2.56 bits per heavy atom. The number of halogens is 2. The van der Waals surface area contributed by atoms with Crippen LogP contribution in [-0.4, -0.2) is 23.5 Å². The highest BCUT2D eigenvalue weighted by molar-refractivity contribution is 7.80. The minimum atomic E-state index is -0.525. The van der Waals surface area contributed by atoms with Gasteiger partial charge in [-0.1, -0.05) is 36.2 Å². The molecule has 2 aromatic carbocycles. The van der Waals surface area contributed by atoms with Gasteiger partial charge in [-0.15, -0.1) is 0 Å². The molecule has 9 heteroatoms. The van der Waals surface area contributed by atoms with Gasteiger partial charge in [-0.05, 0) is 55.0 Å². The minimum absolute atomic E-state index is 0.0710. The molecule has 0 atom stereocenters. The number of hydrogen-bond acceptors (Lipinski definition) is 4. The van der Waals surface area contributed by atoms with Gasteiger partial charge >= 0.3 is 0 Å². The Balaban J connectivity index is 1.89. The third kappa shape index (κ3) is 6.39. The summed E-state index contributed by atoms with van der Waals surface area (Å²) in [5.74, 6) is -0.370. The number of hydrogen-bond donors (Lipinski definition) is 3. The molecule has 142 valence electrons. The van der Waals surface area contributed by atoms with Gasteiger partial charge in [-0.3, -0.25) is 25.8 Å². The number of benzene rings is 2. The van der Waals surface area contributed by atoms with Crippen LogP contribution in [0.1, 0.15) is 34.1 Å². The first kappa shape index (κ1) is 21.0. The quantitative estimate of drug-likeness (QED) is 0.502. The molecule has 0 aliphatic carbocycles. The zero-order valence-corrected chi connectivity index (χ0v) is 16.7. The van der Waals surface area contributed by atoms with Gasteiger partial charge in [-0.25, -0.2) is 0 Å². The second-order valence-electron chi connectivity index (χ2n) is 5.36. The second-order valence-corrected chi connectivity index (χ2v) is 6.61. The molecule has 2 rings (SSSR count). The van der Waals surface area contributed by atoms with E-state index in [-0.39, 0.29) is 15.7 Å². The summed E-state index contributed by atoms with van der Waals surface area (Å²) in [4.78, 5) is 24.3. The molecule has 0 bridgehead atoms. The Bertz CT molecular complexity index is 861. The van der Waals surface area contributed by atoms with Crippen LogP contribution in [0.15, 0.2) is 42.5 Å². The van der Waals surface area contributed by atoms with E-state index in [0.717, 1.165) is 6.42 Å². The number of nitrogens with one attached hydrogen (secondary N) is 3. The Hall–Kier alpha value is -2.35. The fourth-order valence-electron chi connectivity index (χ4n) is 2.01. The maximum absolute atomic E-state index is 12.2. The number of carbonyl (C=O) groups is 2. The van der Waals surface area contributed by atoms with Crippen molar-refractivity contribution >= 4 is 52.3 Å². The van der Waals surface area contributed by atoms with Gasteiger partial charge in [0, 0.05) is 10.6 Å². The highest BCUT2D eigenvalue weighted by atomic mass is 35.5. The molecule has 0 saturated heterocycles. The molecular formula is C18H17Cl2N3O3S. The van der Waals surface area contributed by atoms with Crippen LogP contribution in [0.25, 0.3) is 0 Å². The molecule has 6 nitrogen and oxygen atoms in total. The van der Waals surface area contributed by atoms with E-state index >= 15 is 0 Å². The lowest BCUT2D eigenvalue weighted by atomic mass is 10.2. The molecule has 0 fully saturated rings. The van der Waals surface area contributed by atoms with Crippen molar-refractivity contribution in [2.45, 2.75) is 13.3 Å². The average molecular weight is 426 g/mol. The van der Waals surface area contributed by atoms with E-state index in [0.29, 0.717) is 22.9 Å². The molecule has 0 heterocycles. The third-order valence-electron chi connectivity index (χ3n) is 3.26. The lowest BCUT2D eigenvalue weighted by Crippen LogP contribution is -2.48. The molecule has 2 amide bonds. The summed E-state index contributed by atoms with van der Waals surface area (Å²) in [5.41, 5.74) is 5.39. The Labute approximate surface area is 172 Å². The van der Waals surface area contributed by atoms with Crippen molar-refractivity contribution in [1.29, 1.82) is 0 Å². The van der Waals surface area contributed by atoms with Crippen LogP contribution in [0.5, 0.6) is 5.75 Å². The fourth-order valence-corrected chi connectivity index (χ4v) is 2.65. The summed E-state index contributed by atoms with van der Waals surface area (Å²) in [6.07, 6.45) is 0.863. The molecule has 0 spiro atoms. The number of amides is 2. The van der Waals surface area contributed by atoms with Gasteiger partial charge < -0.3 is 4.74 Å². The van der Waals surface area contributed by atoms with E-state index in [1.165, 1.54) is 18.2 Å². The third-order valence-corrected chi connectivity index (χ3v) is 4.01. The highest BCUT2D eigenvalue weighted by Gasteiger charge is 2.12. The normalized spacial score (nSPS) is 10.0. The van der Waals surface area contributed by atoms with E-state index in [1.807, 2.05) is 6.92 Å². The molecule has 0 radical (unpaired) electrons.